The highest BCUT2D eigenvalue weighted by Gasteiger charge is 2.13. The SMILES string of the molecule is Cc1cc(NC(=O)COC(=O)Cc2csc(-c3ccccc3)n2)no1. The minimum absolute atomic E-state index is 0.0136. The van der Waals surface area contributed by atoms with Crippen LogP contribution in [0.3, 0.4) is 0 Å². The number of anilines is 1. The second kappa shape index (κ2) is 7.71. The van der Waals surface area contributed by atoms with Gasteiger partial charge in [0.25, 0.3) is 5.91 Å². The fraction of sp³-hybridized carbons (Fsp3) is 0.176. The highest BCUT2D eigenvalue weighted by Crippen LogP contribution is 2.23. The van der Waals surface area contributed by atoms with E-state index in [0.717, 1.165) is 10.6 Å². The van der Waals surface area contributed by atoms with Crippen LogP contribution in [0.5, 0.6) is 0 Å². The van der Waals surface area contributed by atoms with Crippen molar-refractivity contribution in [2.24, 2.45) is 0 Å². The molecule has 0 aliphatic carbocycles. The summed E-state index contributed by atoms with van der Waals surface area (Å²) >= 11 is 1.46. The van der Waals surface area contributed by atoms with E-state index in [1.165, 1.54) is 11.3 Å². The number of aryl methyl sites for hydroxylation is 1. The molecule has 0 fully saturated rings. The molecule has 0 saturated carbocycles. The standard InChI is InChI=1S/C17H15N3O4S/c1-11-7-14(20-24-11)19-15(21)9-23-16(22)8-13-10-25-17(18-13)12-5-3-2-4-6-12/h2-7,10H,8-9H2,1H3,(H,19,20,21). The minimum atomic E-state index is -0.517. The van der Waals surface area contributed by atoms with Crippen LogP contribution >= 0.6 is 11.3 Å². The third kappa shape index (κ3) is 4.74. The first-order valence-corrected chi connectivity index (χ1v) is 8.37. The van der Waals surface area contributed by atoms with Gasteiger partial charge in [0.05, 0.1) is 12.1 Å². The number of thiazole rings is 1. The summed E-state index contributed by atoms with van der Waals surface area (Å²) in [6.07, 6.45) is 0.0136. The average Bonchev–Trinajstić information content (AvgIpc) is 3.23. The molecule has 1 amide bonds. The molecule has 0 bridgehead atoms. The first kappa shape index (κ1) is 16.8. The van der Waals surface area contributed by atoms with Gasteiger partial charge in [-0.15, -0.1) is 11.3 Å². The number of aromatic nitrogens is 2. The van der Waals surface area contributed by atoms with Crippen LogP contribution in [0.15, 0.2) is 46.3 Å². The van der Waals surface area contributed by atoms with Crippen LogP contribution in [0.1, 0.15) is 11.5 Å². The molecule has 0 unspecified atom stereocenters. The van der Waals surface area contributed by atoms with Gasteiger partial charge >= 0.3 is 5.97 Å². The van der Waals surface area contributed by atoms with E-state index in [1.807, 2.05) is 35.7 Å². The lowest BCUT2D eigenvalue weighted by molar-refractivity contribution is -0.146. The van der Waals surface area contributed by atoms with E-state index < -0.39 is 11.9 Å². The van der Waals surface area contributed by atoms with Gasteiger partial charge in [-0.1, -0.05) is 35.5 Å². The zero-order valence-corrected chi connectivity index (χ0v) is 14.2. The Bertz CT molecular complexity index is 873. The van der Waals surface area contributed by atoms with Gasteiger partial charge in [-0.25, -0.2) is 4.98 Å². The average molecular weight is 357 g/mol. The second-order valence-corrected chi connectivity index (χ2v) is 6.08. The Morgan fingerprint density at radius 1 is 1.28 bits per heavy atom. The summed E-state index contributed by atoms with van der Waals surface area (Å²) in [6, 6.07) is 11.3. The zero-order valence-electron chi connectivity index (χ0n) is 13.4. The molecule has 8 heteroatoms. The third-order valence-electron chi connectivity index (χ3n) is 3.16. The van der Waals surface area contributed by atoms with Gasteiger partial charge in [0, 0.05) is 17.0 Å². The van der Waals surface area contributed by atoms with Crippen molar-refractivity contribution in [2.45, 2.75) is 13.3 Å². The van der Waals surface area contributed by atoms with Crippen LogP contribution in [-0.4, -0.2) is 28.6 Å². The maximum Gasteiger partial charge on any atom is 0.312 e. The summed E-state index contributed by atoms with van der Waals surface area (Å²) in [4.78, 5) is 27.9. The van der Waals surface area contributed by atoms with Gasteiger partial charge in [0.15, 0.2) is 12.4 Å². The van der Waals surface area contributed by atoms with Crippen molar-refractivity contribution >= 4 is 29.0 Å². The Morgan fingerprint density at radius 2 is 2.08 bits per heavy atom. The number of hydrogen-bond acceptors (Lipinski definition) is 7. The molecule has 3 aromatic rings. The molecule has 0 radical (unpaired) electrons. The lowest BCUT2D eigenvalue weighted by atomic mass is 10.2. The fourth-order valence-corrected chi connectivity index (χ4v) is 2.88. The Hall–Kier alpha value is -3.00. The molecule has 25 heavy (non-hydrogen) atoms. The topological polar surface area (TPSA) is 94.3 Å². The third-order valence-corrected chi connectivity index (χ3v) is 4.10. The normalized spacial score (nSPS) is 10.4. The smallest absolute Gasteiger partial charge is 0.312 e. The number of esters is 1. The van der Waals surface area contributed by atoms with Crippen molar-refractivity contribution in [3.05, 3.63) is 53.2 Å². The minimum Gasteiger partial charge on any atom is -0.455 e. The summed E-state index contributed by atoms with van der Waals surface area (Å²) < 4.78 is 9.79. The first-order valence-electron chi connectivity index (χ1n) is 7.49. The van der Waals surface area contributed by atoms with Crippen molar-refractivity contribution in [3.8, 4) is 10.6 Å². The lowest BCUT2D eigenvalue weighted by Gasteiger charge is -2.03. The molecule has 0 spiro atoms. The molecule has 0 aliphatic rings. The molecular weight excluding hydrogens is 342 g/mol. The summed E-state index contributed by atoms with van der Waals surface area (Å²) in [6.45, 7) is 1.32. The Labute approximate surface area is 147 Å². The van der Waals surface area contributed by atoms with Gasteiger partial charge < -0.3 is 14.6 Å². The maximum atomic E-state index is 11.8. The van der Waals surface area contributed by atoms with Crippen molar-refractivity contribution in [1.29, 1.82) is 0 Å². The molecule has 2 heterocycles. The van der Waals surface area contributed by atoms with Gasteiger partial charge in [0.2, 0.25) is 0 Å². The number of nitrogens with zero attached hydrogens (tertiary/aromatic N) is 2. The van der Waals surface area contributed by atoms with Gasteiger partial charge in [-0.05, 0) is 6.92 Å². The quantitative estimate of drug-likeness (QED) is 0.682. The second-order valence-electron chi connectivity index (χ2n) is 5.22. The maximum absolute atomic E-state index is 11.8. The summed E-state index contributed by atoms with van der Waals surface area (Å²) in [5, 5.41) is 8.74. The van der Waals surface area contributed by atoms with Gasteiger partial charge in [-0.3, -0.25) is 9.59 Å². The molecule has 128 valence electrons. The first-order chi connectivity index (χ1) is 12.1. The summed E-state index contributed by atoms with van der Waals surface area (Å²) in [5.41, 5.74) is 1.61. The molecular formula is C17H15N3O4S. The summed E-state index contributed by atoms with van der Waals surface area (Å²) in [5.74, 6) is -0.142. The highest BCUT2D eigenvalue weighted by molar-refractivity contribution is 7.13. The summed E-state index contributed by atoms with van der Waals surface area (Å²) in [7, 11) is 0. The van der Waals surface area contributed by atoms with E-state index >= 15 is 0 Å². The van der Waals surface area contributed by atoms with Gasteiger partial charge in [-0.2, -0.15) is 0 Å². The van der Waals surface area contributed by atoms with E-state index in [0.29, 0.717) is 11.5 Å². The number of nitrogens with one attached hydrogen (secondary N) is 1. The number of benzene rings is 1. The monoisotopic (exact) mass is 357 g/mol. The van der Waals surface area contributed by atoms with E-state index in [9.17, 15) is 9.59 Å². The van der Waals surface area contributed by atoms with Crippen molar-refractivity contribution in [2.75, 3.05) is 11.9 Å². The van der Waals surface area contributed by atoms with Crippen LogP contribution in [-0.2, 0) is 20.7 Å². The number of carbonyl (C=O) groups is 2. The largest absolute Gasteiger partial charge is 0.455 e. The zero-order chi connectivity index (χ0) is 17.6. The van der Waals surface area contributed by atoms with Crippen LogP contribution in [0.25, 0.3) is 10.6 Å². The van der Waals surface area contributed by atoms with E-state index in [-0.39, 0.29) is 18.8 Å². The van der Waals surface area contributed by atoms with Crippen molar-refractivity contribution in [3.63, 3.8) is 0 Å². The Morgan fingerprint density at radius 3 is 2.80 bits per heavy atom. The molecule has 2 aromatic heterocycles. The molecule has 0 aliphatic heterocycles. The molecule has 0 atom stereocenters. The number of amides is 1. The predicted molar refractivity (Wildman–Crippen MR) is 92.1 cm³/mol. The van der Waals surface area contributed by atoms with E-state index in [4.69, 9.17) is 9.26 Å². The van der Waals surface area contributed by atoms with Gasteiger partial charge in [0.1, 0.15) is 10.8 Å². The van der Waals surface area contributed by atoms with Crippen LogP contribution in [0, 0.1) is 6.92 Å². The van der Waals surface area contributed by atoms with Crippen LogP contribution in [0.4, 0.5) is 5.82 Å². The lowest BCUT2D eigenvalue weighted by Crippen LogP contribution is -2.21. The molecule has 3 rings (SSSR count). The molecule has 7 nitrogen and oxygen atoms in total. The fourth-order valence-electron chi connectivity index (χ4n) is 2.05. The molecule has 1 N–H and O–H groups in total. The van der Waals surface area contributed by atoms with E-state index in [1.54, 1.807) is 13.0 Å². The highest BCUT2D eigenvalue weighted by atomic mass is 32.1. The number of carbonyl (C=O) groups excluding carboxylic acids is 2. The Balaban J connectivity index is 1.48. The molecule has 1 aromatic carbocycles. The number of hydrogen-bond donors (Lipinski definition) is 1. The van der Waals surface area contributed by atoms with Crippen molar-refractivity contribution < 1.29 is 18.8 Å². The molecule has 0 saturated heterocycles. The predicted octanol–water partition coefficient (Wildman–Crippen LogP) is 2.83. The number of ether oxygens (including phenoxy) is 1. The van der Waals surface area contributed by atoms with Crippen LogP contribution < -0.4 is 5.32 Å². The van der Waals surface area contributed by atoms with E-state index in [2.05, 4.69) is 15.5 Å². The van der Waals surface area contributed by atoms with Crippen LogP contribution in [0.2, 0.25) is 0 Å². The number of rotatable bonds is 6. The van der Waals surface area contributed by atoms with Crippen molar-refractivity contribution in [1.82, 2.24) is 10.1 Å². The Kier molecular flexibility index (Phi) is 5.20.